The van der Waals surface area contributed by atoms with E-state index in [9.17, 15) is 19.6 Å². The van der Waals surface area contributed by atoms with Crippen molar-refractivity contribution in [2.45, 2.75) is 32.6 Å². The minimum absolute atomic E-state index is 0.204. The van der Waals surface area contributed by atoms with Crippen molar-refractivity contribution in [2.24, 2.45) is 11.1 Å². The van der Waals surface area contributed by atoms with E-state index in [2.05, 4.69) is 5.32 Å². The molecule has 0 spiro atoms. The average molecular weight is 538 g/mol. The number of hydrogen-bond acceptors (Lipinski definition) is 7. The summed E-state index contributed by atoms with van der Waals surface area (Å²) in [6, 6.07) is 17.0. The van der Waals surface area contributed by atoms with Gasteiger partial charge in [0, 0.05) is 27.1 Å². The number of halogens is 1. The normalized spacial score (nSPS) is 10.1. The highest BCUT2D eigenvalue weighted by atomic mass is 35.5. The van der Waals surface area contributed by atoms with Gasteiger partial charge >= 0.3 is 0 Å². The molecule has 3 N–H and O–H groups in total. The maximum absolute atomic E-state index is 13.1. The first-order valence-corrected chi connectivity index (χ1v) is 12.5. The number of aryl methyl sites for hydroxylation is 2. The van der Waals surface area contributed by atoms with Crippen molar-refractivity contribution in [3.63, 3.8) is 0 Å². The summed E-state index contributed by atoms with van der Waals surface area (Å²) in [7, 11) is 0. The lowest BCUT2D eigenvalue weighted by Gasteiger charge is -2.13. The highest BCUT2D eigenvalue weighted by molar-refractivity contribution is 7.97. The number of carbonyl (C=O) groups excluding carboxylic acids is 3. The lowest BCUT2D eigenvalue weighted by atomic mass is 9.98. The summed E-state index contributed by atoms with van der Waals surface area (Å²) in [6.07, 6.45) is 0.917. The van der Waals surface area contributed by atoms with Gasteiger partial charge in [0.05, 0.1) is 17.2 Å². The fraction of sp³-hybridized carbons (Fsp3) is 0.214. The Kier molecular flexibility index (Phi) is 11.3. The molecule has 3 aromatic carbocycles. The number of carbonyl (C=O) groups is 3. The summed E-state index contributed by atoms with van der Waals surface area (Å²) < 4.78 is 5.66. The molecule has 0 aliphatic rings. The van der Waals surface area contributed by atoms with Crippen molar-refractivity contribution >= 4 is 47.2 Å². The number of hydrogen-bond donors (Lipinski definition) is 2. The SMILES string of the molecule is CC(C)C=O.Cc1cc(C#N)cc(C(=O)c2cc(Cl)ccc2OCC(=O)Nc2ccc(SN)cc2C)c1. The van der Waals surface area contributed by atoms with Crippen LogP contribution in [-0.4, -0.2) is 24.6 Å². The van der Waals surface area contributed by atoms with Crippen LogP contribution in [0.3, 0.4) is 0 Å². The number of rotatable bonds is 8. The molecule has 0 saturated heterocycles. The van der Waals surface area contributed by atoms with E-state index < -0.39 is 0 Å². The van der Waals surface area contributed by atoms with Crippen LogP contribution < -0.4 is 15.2 Å². The van der Waals surface area contributed by atoms with E-state index in [1.165, 1.54) is 12.1 Å². The van der Waals surface area contributed by atoms with E-state index in [0.29, 0.717) is 21.8 Å². The molecular weight excluding hydrogens is 510 g/mol. The Morgan fingerprint density at radius 2 is 1.84 bits per heavy atom. The molecule has 0 radical (unpaired) electrons. The third-order valence-electron chi connectivity index (χ3n) is 4.89. The predicted octanol–water partition coefficient (Wildman–Crippen LogP) is 5.88. The molecule has 1 amide bonds. The maximum Gasteiger partial charge on any atom is 0.262 e. The number of nitriles is 1. The Bertz CT molecular complexity index is 1340. The number of ketones is 1. The molecule has 0 aromatic heterocycles. The summed E-state index contributed by atoms with van der Waals surface area (Å²) >= 11 is 7.23. The number of aldehydes is 1. The van der Waals surface area contributed by atoms with E-state index in [-0.39, 0.29) is 35.5 Å². The van der Waals surface area contributed by atoms with Crippen LogP contribution in [0, 0.1) is 31.1 Å². The van der Waals surface area contributed by atoms with Crippen molar-refractivity contribution in [3.8, 4) is 11.8 Å². The van der Waals surface area contributed by atoms with Crippen LogP contribution in [0.15, 0.2) is 59.5 Å². The van der Waals surface area contributed by atoms with Gasteiger partial charge in [-0.3, -0.25) is 14.7 Å². The second-order valence-corrected chi connectivity index (χ2v) is 9.62. The average Bonchev–Trinajstić information content (AvgIpc) is 2.88. The number of benzene rings is 3. The van der Waals surface area contributed by atoms with Crippen LogP contribution in [0.4, 0.5) is 5.69 Å². The molecule has 0 saturated carbocycles. The number of ether oxygens (including phenoxy) is 1. The Morgan fingerprint density at radius 1 is 1.14 bits per heavy atom. The third kappa shape index (κ3) is 9.07. The van der Waals surface area contributed by atoms with Gasteiger partial charge in [-0.05, 0) is 91.5 Å². The van der Waals surface area contributed by atoms with Crippen LogP contribution in [0.1, 0.15) is 46.5 Å². The predicted molar refractivity (Wildman–Crippen MR) is 147 cm³/mol. The molecule has 192 valence electrons. The highest BCUT2D eigenvalue weighted by Crippen LogP contribution is 2.27. The molecule has 37 heavy (non-hydrogen) atoms. The quantitative estimate of drug-likeness (QED) is 0.209. The zero-order chi connectivity index (χ0) is 27.5. The summed E-state index contributed by atoms with van der Waals surface area (Å²) in [5, 5.41) is 17.9. The zero-order valence-electron chi connectivity index (χ0n) is 21.0. The van der Waals surface area contributed by atoms with Crippen molar-refractivity contribution in [3.05, 3.63) is 87.4 Å². The van der Waals surface area contributed by atoms with Crippen molar-refractivity contribution < 1.29 is 19.1 Å². The summed E-state index contributed by atoms with van der Waals surface area (Å²) in [5.41, 5.74) is 3.22. The largest absolute Gasteiger partial charge is 0.483 e. The van der Waals surface area contributed by atoms with E-state index in [4.69, 9.17) is 21.5 Å². The lowest BCUT2D eigenvalue weighted by Crippen LogP contribution is -2.21. The number of amides is 1. The topological polar surface area (TPSA) is 122 Å². The summed E-state index contributed by atoms with van der Waals surface area (Å²) in [4.78, 5) is 35.9. The van der Waals surface area contributed by atoms with E-state index in [0.717, 1.165) is 34.3 Å². The van der Waals surface area contributed by atoms with Crippen molar-refractivity contribution in [2.75, 3.05) is 11.9 Å². The molecule has 7 nitrogen and oxygen atoms in total. The Balaban J connectivity index is 0.000000877. The van der Waals surface area contributed by atoms with Crippen LogP contribution in [0.2, 0.25) is 5.02 Å². The first-order valence-electron chi connectivity index (χ1n) is 11.3. The molecule has 3 rings (SSSR count). The van der Waals surface area contributed by atoms with Gasteiger partial charge in [-0.1, -0.05) is 25.4 Å². The molecule has 0 bridgehead atoms. The maximum atomic E-state index is 13.1. The fourth-order valence-electron chi connectivity index (χ4n) is 3.12. The molecule has 0 unspecified atom stereocenters. The molecule has 0 atom stereocenters. The molecule has 0 fully saturated rings. The van der Waals surface area contributed by atoms with Crippen LogP contribution in [0.5, 0.6) is 5.75 Å². The van der Waals surface area contributed by atoms with Gasteiger partial charge in [-0.15, -0.1) is 0 Å². The van der Waals surface area contributed by atoms with Gasteiger partial charge in [-0.2, -0.15) is 5.26 Å². The van der Waals surface area contributed by atoms with Crippen molar-refractivity contribution in [1.29, 1.82) is 5.26 Å². The van der Waals surface area contributed by atoms with Gasteiger partial charge in [0.25, 0.3) is 5.91 Å². The summed E-state index contributed by atoms with van der Waals surface area (Å²) in [6.45, 7) is 7.08. The monoisotopic (exact) mass is 537 g/mol. The molecule has 0 heterocycles. The Labute approximate surface area is 226 Å². The standard InChI is InChI=1S/C24H20ClN3O3S.C4H8O/c1-14-7-16(12-26)10-17(8-14)24(30)20-11-18(25)3-6-22(20)31-13-23(29)28-21-5-4-19(32-27)9-15(21)2;1-4(2)3-5/h3-11H,13,27H2,1-2H3,(H,28,29);3-4H,1-2H3. The second-order valence-electron chi connectivity index (χ2n) is 8.48. The number of anilines is 1. The van der Waals surface area contributed by atoms with E-state index in [1.54, 1.807) is 43.3 Å². The van der Waals surface area contributed by atoms with Gasteiger partial charge in [0.15, 0.2) is 12.4 Å². The van der Waals surface area contributed by atoms with Gasteiger partial charge in [0.1, 0.15) is 12.0 Å². The molecule has 0 aliphatic carbocycles. The first-order chi connectivity index (χ1) is 17.6. The number of nitrogens with zero attached hydrogens (tertiary/aromatic N) is 1. The van der Waals surface area contributed by atoms with Gasteiger partial charge < -0.3 is 14.8 Å². The third-order valence-corrected chi connectivity index (χ3v) is 5.66. The van der Waals surface area contributed by atoms with E-state index in [1.807, 2.05) is 32.9 Å². The number of nitrogens with two attached hydrogens (primary N) is 1. The van der Waals surface area contributed by atoms with Gasteiger partial charge in [0.2, 0.25) is 0 Å². The van der Waals surface area contributed by atoms with Crippen LogP contribution >= 0.6 is 23.5 Å². The van der Waals surface area contributed by atoms with Gasteiger partial charge in [-0.25, -0.2) is 0 Å². The number of nitrogens with one attached hydrogen (secondary N) is 1. The molecule has 9 heteroatoms. The molecule has 0 aliphatic heterocycles. The fourth-order valence-corrected chi connectivity index (χ4v) is 3.68. The van der Waals surface area contributed by atoms with Crippen molar-refractivity contribution in [1.82, 2.24) is 0 Å². The lowest BCUT2D eigenvalue weighted by molar-refractivity contribution is -0.118. The minimum Gasteiger partial charge on any atom is -0.483 e. The van der Waals surface area contributed by atoms with E-state index >= 15 is 0 Å². The smallest absolute Gasteiger partial charge is 0.262 e. The minimum atomic E-state index is -0.378. The first kappa shape index (κ1) is 29.6. The summed E-state index contributed by atoms with van der Waals surface area (Å²) in [5.74, 6) is -0.304. The van der Waals surface area contributed by atoms with Crippen LogP contribution in [-0.2, 0) is 9.59 Å². The zero-order valence-corrected chi connectivity index (χ0v) is 22.6. The Hall–Kier alpha value is -3.64. The Morgan fingerprint density at radius 3 is 2.43 bits per heavy atom. The highest BCUT2D eigenvalue weighted by Gasteiger charge is 2.18. The second kappa shape index (κ2) is 14.2. The van der Waals surface area contributed by atoms with Crippen LogP contribution in [0.25, 0.3) is 0 Å². The molecule has 3 aromatic rings. The molecular formula is C28H28ClN3O4S.